The van der Waals surface area contributed by atoms with Crippen molar-refractivity contribution in [2.45, 2.75) is 4.75 Å². The molecule has 0 saturated carbocycles. The van der Waals surface area contributed by atoms with Crippen molar-refractivity contribution in [1.29, 1.82) is 0 Å². The van der Waals surface area contributed by atoms with Gasteiger partial charge in [0.25, 0.3) is 10.1 Å². The van der Waals surface area contributed by atoms with Gasteiger partial charge in [-0.3, -0.25) is 4.55 Å². The molecule has 0 aliphatic heterocycles. The van der Waals surface area contributed by atoms with E-state index in [2.05, 4.69) is 0 Å². The van der Waals surface area contributed by atoms with E-state index in [0.717, 1.165) is 6.07 Å². The van der Waals surface area contributed by atoms with E-state index in [1.54, 1.807) is 6.07 Å². The zero-order chi connectivity index (χ0) is 21.6. The van der Waals surface area contributed by atoms with E-state index in [1.807, 2.05) is 0 Å². The third-order valence-corrected chi connectivity index (χ3v) is 7.10. The smallest absolute Gasteiger partial charge is 0.283 e. The second-order valence-corrected chi connectivity index (χ2v) is 9.29. The summed E-state index contributed by atoms with van der Waals surface area (Å²) < 4.78 is 34.0. The zero-order valence-electron chi connectivity index (χ0n) is 14.3. The third-order valence-electron chi connectivity index (χ3n) is 4.36. The summed E-state index contributed by atoms with van der Waals surface area (Å²) in [5.74, 6) is -1.28. The number of halogens is 4. The van der Waals surface area contributed by atoms with Gasteiger partial charge in [-0.05, 0) is 29.3 Å². The summed E-state index contributed by atoms with van der Waals surface area (Å²) >= 11 is 24.5. The van der Waals surface area contributed by atoms with Gasteiger partial charge >= 0.3 is 0 Å². The number of hydrogen-bond acceptors (Lipinski definition) is 4. The Hall–Kier alpha value is -1.67. The summed E-state index contributed by atoms with van der Waals surface area (Å²) in [4.78, 5) is 0. The molecule has 5 nitrogen and oxygen atoms in total. The van der Waals surface area contributed by atoms with Gasteiger partial charge in [0.2, 0.25) is 0 Å². The molecule has 0 bridgehead atoms. The maximum Gasteiger partial charge on any atom is 0.283 e. The van der Waals surface area contributed by atoms with Crippen molar-refractivity contribution >= 4 is 56.5 Å². The van der Waals surface area contributed by atoms with Gasteiger partial charge in [0, 0.05) is 21.7 Å². The summed E-state index contributed by atoms with van der Waals surface area (Å²) in [7, 11) is -5.10. The highest BCUT2D eigenvalue weighted by molar-refractivity contribution is 7.87. The molecule has 0 aromatic heterocycles. The molecule has 0 fully saturated rings. The van der Waals surface area contributed by atoms with Gasteiger partial charge in [0.15, 0.2) is 4.75 Å². The Morgan fingerprint density at radius 3 is 1.79 bits per heavy atom. The first-order valence-electron chi connectivity index (χ1n) is 7.89. The van der Waals surface area contributed by atoms with Crippen LogP contribution in [0.3, 0.4) is 0 Å². The quantitative estimate of drug-likeness (QED) is 0.311. The summed E-state index contributed by atoms with van der Waals surface area (Å²) in [6.45, 7) is 0. The lowest BCUT2D eigenvalue weighted by Gasteiger charge is -2.34. The van der Waals surface area contributed by atoms with Crippen molar-refractivity contribution < 1.29 is 23.2 Å². The lowest BCUT2D eigenvalue weighted by Crippen LogP contribution is -2.38. The molecule has 3 N–H and O–H groups in total. The SMILES string of the molecule is O=S(=O)(O)C(c1ccccc1)(c1cc(Cl)cc(Cl)c1)c1c(O)cc(O)c(Cl)c1Cl. The highest BCUT2D eigenvalue weighted by Gasteiger charge is 2.52. The van der Waals surface area contributed by atoms with E-state index >= 15 is 0 Å². The number of benzene rings is 3. The molecule has 1 unspecified atom stereocenters. The van der Waals surface area contributed by atoms with Gasteiger partial charge in [0.1, 0.15) is 16.5 Å². The number of aromatic hydroxyl groups is 2. The van der Waals surface area contributed by atoms with Gasteiger partial charge in [-0.2, -0.15) is 8.42 Å². The van der Waals surface area contributed by atoms with E-state index in [0.29, 0.717) is 0 Å². The van der Waals surface area contributed by atoms with Gasteiger partial charge < -0.3 is 10.2 Å². The molecular weight excluding hydrogens is 482 g/mol. The predicted octanol–water partition coefficient (Wildman–Crippen LogP) is 5.89. The van der Waals surface area contributed by atoms with Crippen molar-refractivity contribution in [3.8, 4) is 11.5 Å². The van der Waals surface area contributed by atoms with Gasteiger partial charge in [0.05, 0.1) is 5.02 Å². The fourth-order valence-corrected chi connectivity index (χ4v) is 5.63. The van der Waals surface area contributed by atoms with Crippen molar-refractivity contribution in [3.63, 3.8) is 0 Å². The molecule has 0 heterocycles. The number of hydrogen-bond donors (Lipinski definition) is 3. The molecule has 0 aliphatic carbocycles. The minimum Gasteiger partial charge on any atom is -0.507 e. The number of rotatable bonds is 4. The van der Waals surface area contributed by atoms with Crippen LogP contribution in [-0.4, -0.2) is 23.2 Å². The van der Waals surface area contributed by atoms with E-state index in [9.17, 15) is 23.2 Å². The van der Waals surface area contributed by atoms with Crippen molar-refractivity contribution in [2.24, 2.45) is 0 Å². The van der Waals surface area contributed by atoms with E-state index in [-0.39, 0.29) is 21.2 Å². The Bertz CT molecular complexity index is 1180. The molecule has 3 aromatic rings. The summed E-state index contributed by atoms with van der Waals surface area (Å²) in [6.07, 6.45) is 0. The van der Waals surface area contributed by atoms with Crippen LogP contribution in [0.5, 0.6) is 11.5 Å². The standard InChI is InChI=1S/C19H12Cl4O5S/c20-12-6-11(7-13(21)8-12)19(29(26,27)28,10-4-2-1-3-5-10)16-14(24)9-15(25)17(22)18(16)23/h1-9,24-25H,(H,26,27,28). The normalized spacial score (nSPS) is 13.8. The van der Waals surface area contributed by atoms with Gasteiger partial charge in [-0.1, -0.05) is 76.7 Å². The van der Waals surface area contributed by atoms with Crippen LogP contribution in [0.2, 0.25) is 20.1 Å². The molecule has 3 rings (SSSR count). The van der Waals surface area contributed by atoms with Crippen LogP contribution in [0.15, 0.2) is 54.6 Å². The van der Waals surface area contributed by atoms with Crippen LogP contribution in [0, 0.1) is 0 Å². The lowest BCUT2D eigenvalue weighted by atomic mass is 9.83. The van der Waals surface area contributed by atoms with Crippen LogP contribution in [-0.2, 0) is 14.9 Å². The Kier molecular flexibility index (Phi) is 5.98. The van der Waals surface area contributed by atoms with Crippen LogP contribution in [0.4, 0.5) is 0 Å². The fraction of sp³-hybridized carbons (Fsp3) is 0.0526. The van der Waals surface area contributed by atoms with Crippen LogP contribution < -0.4 is 0 Å². The molecule has 0 saturated heterocycles. The average molecular weight is 494 g/mol. The molecule has 1 atom stereocenters. The minimum atomic E-state index is -5.10. The second-order valence-electron chi connectivity index (χ2n) is 6.10. The monoisotopic (exact) mass is 492 g/mol. The van der Waals surface area contributed by atoms with Gasteiger partial charge in [-0.15, -0.1) is 0 Å². The Balaban J connectivity index is 2.65. The fourth-order valence-electron chi connectivity index (χ4n) is 3.25. The average Bonchev–Trinajstić information content (AvgIpc) is 2.62. The van der Waals surface area contributed by atoms with E-state index < -0.39 is 42.0 Å². The lowest BCUT2D eigenvalue weighted by molar-refractivity contribution is 0.431. The molecule has 0 spiro atoms. The number of phenolic OH excluding ortho intramolecular Hbond substituents is 2. The van der Waals surface area contributed by atoms with Crippen LogP contribution in [0.25, 0.3) is 0 Å². The Morgan fingerprint density at radius 2 is 1.28 bits per heavy atom. The maximum atomic E-state index is 13.0. The summed E-state index contributed by atoms with van der Waals surface area (Å²) in [5, 5.41) is 19.8. The third kappa shape index (κ3) is 3.65. The molecule has 29 heavy (non-hydrogen) atoms. The predicted molar refractivity (Wildman–Crippen MR) is 114 cm³/mol. The molecule has 0 aliphatic rings. The molecular formula is C19H12Cl4O5S. The second kappa shape index (κ2) is 7.87. The first-order chi connectivity index (χ1) is 13.5. The topological polar surface area (TPSA) is 94.8 Å². The molecule has 0 radical (unpaired) electrons. The highest BCUT2D eigenvalue weighted by Crippen LogP contribution is 2.53. The highest BCUT2D eigenvalue weighted by atomic mass is 35.5. The Labute approximate surface area is 186 Å². The first kappa shape index (κ1) is 22.0. The molecule has 152 valence electrons. The summed E-state index contributed by atoms with van der Waals surface area (Å²) in [5.41, 5.74) is -0.531. The van der Waals surface area contributed by atoms with E-state index in [4.69, 9.17) is 46.4 Å². The van der Waals surface area contributed by atoms with Gasteiger partial charge in [-0.25, -0.2) is 0 Å². The van der Waals surface area contributed by atoms with E-state index in [1.165, 1.54) is 42.5 Å². The first-order valence-corrected chi connectivity index (χ1v) is 10.8. The van der Waals surface area contributed by atoms with Crippen molar-refractivity contribution in [3.05, 3.63) is 91.4 Å². The van der Waals surface area contributed by atoms with Crippen molar-refractivity contribution in [1.82, 2.24) is 0 Å². The molecule has 0 amide bonds. The molecule has 10 heteroatoms. The van der Waals surface area contributed by atoms with Crippen LogP contribution in [0.1, 0.15) is 16.7 Å². The maximum absolute atomic E-state index is 13.0. The summed E-state index contributed by atoms with van der Waals surface area (Å²) in [6, 6.07) is 12.3. The van der Waals surface area contributed by atoms with Crippen LogP contribution >= 0.6 is 46.4 Å². The van der Waals surface area contributed by atoms with Crippen molar-refractivity contribution in [2.75, 3.05) is 0 Å². The minimum absolute atomic E-state index is 0.0276. The Morgan fingerprint density at radius 1 is 0.724 bits per heavy atom. The number of phenols is 2. The largest absolute Gasteiger partial charge is 0.507 e. The zero-order valence-corrected chi connectivity index (χ0v) is 18.1. The molecule has 3 aromatic carbocycles.